The Morgan fingerprint density at radius 2 is 2.14 bits per heavy atom. The first-order valence-electron chi connectivity index (χ1n) is 7.20. The molecule has 0 unspecified atom stereocenters. The van der Waals surface area contributed by atoms with Crippen molar-refractivity contribution in [3.63, 3.8) is 0 Å². The lowest BCUT2D eigenvalue weighted by atomic mass is 10.1. The van der Waals surface area contributed by atoms with Gasteiger partial charge in [-0.15, -0.1) is 0 Å². The Balaban J connectivity index is 1.48. The van der Waals surface area contributed by atoms with E-state index in [1.807, 2.05) is 10.9 Å². The summed E-state index contributed by atoms with van der Waals surface area (Å²) in [7, 11) is 0. The number of likely N-dealkylation sites (tertiary alicyclic amines) is 1. The number of carbonyl (C=O) groups is 1. The van der Waals surface area contributed by atoms with Crippen molar-refractivity contribution in [2.24, 2.45) is 0 Å². The molecule has 0 aromatic carbocycles. The van der Waals surface area contributed by atoms with Crippen molar-refractivity contribution < 1.29 is 4.79 Å². The maximum absolute atomic E-state index is 12.4. The van der Waals surface area contributed by atoms with Crippen molar-refractivity contribution in [3.05, 3.63) is 44.8 Å². The summed E-state index contributed by atoms with van der Waals surface area (Å²) < 4.78 is 2.76. The lowest BCUT2D eigenvalue weighted by molar-refractivity contribution is 0.0495. The average molecular weight is 364 g/mol. The van der Waals surface area contributed by atoms with Crippen LogP contribution in [0.5, 0.6) is 0 Å². The molecule has 1 saturated heterocycles. The Bertz CT molecular complexity index is 789. The van der Waals surface area contributed by atoms with Crippen LogP contribution in [-0.2, 0) is 0 Å². The molecule has 4 rings (SSSR count). The van der Waals surface area contributed by atoms with Gasteiger partial charge in [0.15, 0.2) is 0 Å². The van der Waals surface area contributed by atoms with Gasteiger partial charge < -0.3 is 9.88 Å². The highest BCUT2D eigenvalue weighted by molar-refractivity contribution is 9.10. The molecule has 2 aromatic heterocycles. The zero-order chi connectivity index (χ0) is 15.3. The van der Waals surface area contributed by atoms with E-state index < -0.39 is 0 Å². The predicted octanol–water partition coefficient (Wildman–Crippen LogP) is 1.30. The SMILES string of the molecule is O=C(c1cc(=O)[nH]c(C2CC2)n1)N1CC(n2cc(Br)cn2)C1. The number of aromatic nitrogens is 4. The fourth-order valence-corrected chi connectivity index (χ4v) is 2.90. The minimum Gasteiger partial charge on any atom is -0.333 e. The third-order valence-electron chi connectivity index (χ3n) is 4.04. The highest BCUT2D eigenvalue weighted by Gasteiger charge is 2.34. The van der Waals surface area contributed by atoms with E-state index in [9.17, 15) is 9.59 Å². The van der Waals surface area contributed by atoms with Crippen molar-refractivity contribution in [2.45, 2.75) is 24.8 Å². The van der Waals surface area contributed by atoms with E-state index in [4.69, 9.17) is 0 Å². The first-order valence-corrected chi connectivity index (χ1v) is 7.99. The van der Waals surface area contributed by atoms with Crippen LogP contribution in [-0.4, -0.2) is 43.6 Å². The maximum Gasteiger partial charge on any atom is 0.272 e. The van der Waals surface area contributed by atoms with Gasteiger partial charge in [0.1, 0.15) is 11.5 Å². The van der Waals surface area contributed by atoms with Gasteiger partial charge in [-0.25, -0.2) is 4.98 Å². The molecule has 1 aliphatic carbocycles. The van der Waals surface area contributed by atoms with E-state index in [-0.39, 0.29) is 23.2 Å². The maximum atomic E-state index is 12.4. The van der Waals surface area contributed by atoms with E-state index in [0.717, 1.165) is 17.3 Å². The number of nitrogens with zero attached hydrogens (tertiary/aromatic N) is 4. The number of halogens is 1. The average Bonchev–Trinajstić information content (AvgIpc) is 3.20. The quantitative estimate of drug-likeness (QED) is 0.890. The van der Waals surface area contributed by atoms with Gasteiger partial charge in [0.05, 0.1) is 16.7 Å². The Labute approximate surface area is 134 Å². The van der Waals surface area contributed by atoms with E-state index in [1.165, 1.54) is 6.07 Å². The molecule has 22 heavy (non-hydrogen) atoms. The summed E-state index contributed by atoms with van der Waals surface area (Å²) in [5, 5.41) is 4.23. The fraction of sp³-hybridized carbons (Fsp3) is 0.429. The number of rotatable bonds is 3. The van der Waals surface area contributed by atoms with E-state index >= 15 is 0 Å². The highest BCUT2D eigenvalue weighted by atomic mass is 79.9. The molecule has 114 valence electrons. The van der Waals surface area contributed by atoms with Crippen LogP contribution in [0.15, 0.2) is 27.7 Å². The number of carbonyl (C=O) groups excluding carboxylic acids is 1. The molecule has 1 amide bonds. The summed E-state index contributed by atoms with van der Waals surface area (Å²) in [6.45, 7) is 1.17. The van der Waals surface area contributed by atoms with E-state index in [1.54, 1.807) is 11.1 Å². The van der Waals surface area contributed by atoms with Gasteiger partial charge in [0.25, 0.3) is 11.5 Å². The van der Waals surface area contributed by atoms with Gasteiger partial charge in [-0.2, -0.15) is 5.10 Å². The van der Waals surface area contributed by atoms with Crippen LogP contribution in [0.1, 0.15) is 41.1 Å². The summed E-state index contributed by atoms with van der Waals surface area (Å²) in [4.78, 5) is 32.8. The van der Waals surface area contributed by atoms with Crippen LogP contribution >= 0.6 is 15.9 Å². The van der Waals surface area contributed by atoms with Crippen molar-refractivity contribution in [1.29, 1.82) is 0 Å². The summed E-state index contributed by atoms with van der Waals surface area (Å²) >= 11 is 3.36. The monoisotopic (exact) mass is 363 g/mol. The number of aromatic amines is 1. The van der Waals surface area contributed by atoms with Crippen LogP contribution in [0.4, 0.5) is 0 Å². The van der Waals surface area contributed by atoms with Gasteiger partial charge in [-0.1, -0.05) is 0 Å². The molecule has 0 radical (unpaired) electrons. The van der Waals surface area contributed by atoms with Gasteiger partial charge >= 0.3 is 0 Å². The first kappa shape index (κ1) is 13.7. The Hall–Kier alpha value is -1.96. The lowest BCUT2D eigenvalue weighted by Crippen LogP contribution is -2.51. The molecular formula is C14H14BrN5O2. The Morgan fingerprint density at radius 3 is 2.77 bits per heavy atom. The predicted molar refractivity (Wildman–Crippen MR) is 81.7 cm³/mol. The molecule has 2 aromatic rings. The van der Waals surface area contributed by atoms with Crippen LogP contribution in [0.2, 0.25) is 0 Å². The van der Waals surface area contributed by atoms with Gasteiger partial charge in [0, 0.05) is 31.3 Å². The topological polar surface area (TPSA) is 83.9 Å². The van der Waals surface area contributed by atoms with Gasteiger partial charge in [0.2, 0.25) is 0 Å². The number of nitrogens with one attached hydrogen (secondary N) is 1. The fourth-order valence-electron chi connectivity index (χ4n) is 2.60. The van der Waals surface area contributed by atoms with Crippen molar-refractivity contribution in [1.82, 2.24) is 24.6 Å². The molecule has 8 heteroatoms. The van der Waals surface area contributed by atoms with Crippen molar-refractivity contribution in [3.8, 4) is 0 Å². The van der Waals surface area contributed by atoms with E-state index in [2.05, 4.69) is 31.0 Å². The second-order valence-corrected chi connectivity index (χ2v) is 6.71. The minimum atomic E-state index is -0.256. The second-order valence-electron chi connectivity index (χ2n) is 5.79. The highest BCUT2D eigenvalue weighted by Crippen LogP contribution is 2.37. The molecule has 3 heterocycles. The van der Waals surface area contributed by atoms with Crippen molar-refractivity contribution in [2.75, 3.05) is 13.1 Å². The molecule has 0 atom stereocenters. The van der Waals surface area contributed by atoms with Crippen molar-refractivity contribution >= 4 is 21.8 Å². The zero-order valence-corrected chi connectivity index (χ0v) is 13.3. The van der Waals surface area contributed by atoms with E-state index in [0.29, 0.717) is 24.8 Å². The summed E-state index contributed by atoms with van der Waals surface area (Å²) in [5.41, 5.74) is -0.0147. The Morgan fingerprint density at radius 1 is 1.36 bits per heavy atom. The standard InChI is InChI=1S/C14H14BrN5O2/c15-9-4-16-20(5-9)10-6-19(7-10)14(22)11-3-12(21)18-13(17-11)8-1-2-8/h3-5,8,10H,1-2,6-7H2,(H,17,18,21). The van der Waals surface area contributed by atoms with Crippen LogP contribution in [0.25, 0.3) is 0 Å². The molecule has 1 N–H and O–H groups in total. The normalized spacial score (nSPS) is 18.3. The summed E-state index contributed by atoms with van der Waals surface area (Å²) in [6.07, 6.45) is 5.68. The third kappa shape index (κ3) is 2.47. The molecule has 0 spiro atoms. The molecule has 1 aliphatic heterocycles. The Kier molecular flexibility index (Phi) is 3.14. The smallest absolute Gasteiger partial charge is 0.272 e. The molecular weight excluding hydrogens is 350 g/mol. The zero-order valence-electron chi connectivity index (χ0n) is 11.7. The van der Waals surface area contributed by atoms with Crippen LogP contribution in [0, 0.1) is 0 Å². The molecule has 2 fully saturated rings. The summed E-state index contributed by atoms with van der Waals surface area (Å²) in [6, 6.07) is 1.46. The molecule has 7 nitrogen and oxygen atoms in total. The third-order valence-corrected chi connectivity index (χ3v) is 4.45. The van der Waals surface area contributed by atoms with Crippen LogP contribution < -0.4 is 5.56 Å². The molecule has 0 bridgehead atoms. The van der Waals surface area contributed by atoms with Gasteiger partial charge in [-0.05, 0) is 28.8 Å². The summed E-state index contributed by atoms with van der Waals surface area (Å²) in [5.74, 6) is 0.769. The number of hydrogen-bond acceptors (Lipinski definition) is 4. The molecule has 2 aliphatic rings. The second kappa shape index (κ2) is 5.05. The lowest BCUT2D eigenvalue weighted by Gasteiger charge is -2.38. The van der Waals surface area contributed by atoms with Crippen LogP contribution in [0.3, 0.4) is 0 Å². The molecule has 1 saturated carbocycles. The minimum absolute atomic E-state index is 0.181. The first-order chi connectivity index (χ1) is 10.6. The number of H-pyrrole nitrogens is 1. The largest absolute Gasteiger partial charge is 0.333 e. The number of amides is 1. The van der Waals surface area contributed by atoms with Gasteiger partial charge in [-0.3, -0.25) is 14.3 Å². The number of hydrogen-bond donors (Lipinski definition) is 1.